The maximum atomic E-state index is 6.19. The number of aromatic nitrogens is 4. The maximum Gasteiger partial charge on any atom is 0.226 e. The lowest BCUT2D eigenvalue weighted by Gasteiger charge is -2.41. The Morgan fingerprint density at radius 1 is 1.13 bits per heavy atom. The van der Waals surface area contributed by atoms with Crippen LogP contribution in [0.5, 0.6) is 5.75 Å². The highest BCUT2D eigenvalue weighted by molar-refractivity contribution is 6.30. The molecule has 2 aliphatic heterocycles. The van der Waals surface area contributed by atoms with Gasteiger partial charge in [0.25, 0.3) is 0 Å². The molecule has 2 aliphatic rings. The lowest BCUT2D eigenvalue weighted by atomic mass is 9.97. The molecule has 0 bridgehead atoms. The van der Waals surface area contributed by atoms with Crippen molar-refractivity contribution in [3.8, 4) is 5.75 Å². The van der Waals surface area contributed by atoms with Gasteiger partial charge < -0.3 is 15.4 Å². The molecule has 3 N–H and O–H groups in total. The summed E-state index contributed by atoms with van der Waals surface area (Å²) in [7, 11) is 0. The van der Waals surface area contributed by atoms with Gasteiger partial charge in [0.2, 0.25) is 11.9 Å². The Labute approximate surface area is 186 Å². The number of nitrogens with two attached hydrogens (primary N) is 1. The quantitative estimate of drug-likeness (QED) is 0.645. The molecule has 9 heteroatoms. The van der Waals surface area contributed by atoms with Crippen molar-refractivity contribution in [2.24, 2.45) is 0 Å². The van der Waals surface area contributed by atoms with Crippen LogP contribution in [-0.4, -0.2) is 56.8 Å². The molecule has 5 rings (SSSR count). The Bertz CT molecular complexity index is 1020. The number of H-pyrrole nitrogens is 1. The van der Waals surface area contributed by atoms with Crippen molar-refractivity contribution in [2.45, 2.75) is 37.9 Å². The lowest BCUT2D eigenvalue weighted by molar-refractivity contribution is 0.0833. The Balaban J connectivity index is 1.35. The number of halogens is 1. The fraction of sp³-hybridized carbons (Fsp3) is 0.409. The number of nitrogen functional groups attached to an aromatic ring is 1. The molecular weight excluding hydrogens is 414 g/mol. The van der Waals surface area contributed by atoms with Crippen LogP contribution < -0.4 is 15.4 Å². The number of benzene rings is 1. The van der Waals surface area contributed by atoms with Crippen LogP contribution in [0.3, 0.4) is 0 Å². The molecule has 162 valence electrons. The molecule has 1 aromatic carbocycles. The predicted octanol–water partition coefficient (Wildman–Crippen LogP) is 2.91. The smallest absolute Gasteiger partial charge is 0.226 e. The summed E-state index contributed by atoms with van der Waals surface area (Å²) in [6.07, 6.45) is 6.67. The minimum atomic E-state index is 0.269. The van der Waals surface area contributed by atoms with Crippen LogP contribution in [0, 0.1) is 0 Å². The van der Waals surface area contributed by atoms with Crippen LogP contribution >= 0.6 is 11.6 Å². The third kappa shape index (κ3) is 4.45. The van der Waals surface area contributed by atoms with E-state index in [0.717, 1.165) is 55.6 Å². The number of hydrogen-bond donors (Lipinski definition) is 2. The van der Waals surface area contributed by atoms with Crippen LogP contribution in [0.2, 0.25) is 5.02 Å². The molecule has 1 atom stereocenters. The van der Waals surface area contributed by atoms with Gasteiger partial charge in [-0.1, -0.05) is 23.7 Å². The van der Waals surface area contributed by atoms with E-state index in [0.29, 0.717) is 18.6 Å². The summed E-state index contributed by atoms with van der Waals surface area (Å²) in [6, 6.07) is 10.9. The highest BCUT2D eigenvalue weighted by Crippen LogP contribution is 2.30. The number of piperidine rings is 1. The summed E-state index contributed by atoms with van der Waals surface area (Å²) in [6.45, 7) is 3.32. The zero-order valence-corrected chi connectivity index (χ0v) is 18.0. The van der Waals surface area contributed by atoms with Crippen LogP contribution in [0.15, 0.2) is 42.7 Å². The molecule has 3 aromatic rings. The Morgan fingerprint density at radius 3 is 2.68 bits per heavy atom. The molecule has 0 spiro atoms. The van der Waals surface area contributed by atoms with Crippen molar-refractivity contribution < 1.29 is 4.74 Å². The van der Waals surface area contributed by atoms with Crippen molar-refractivity contribution >= 4 is 23.5 Å². The number of nitrogens with zero attached hydrogens (tertiary/aromatic N) is 5. The van der Waals surface area contributed by atoms with Crippen LogP contribution in [-0.2, 0) is 13.0 Å². The first-order valence-corrected chi connectivity index (χ1v) is 11.0. The van der Waals surface area contributed by atoms with Gasteiger partial charge in [0.05, 0.1) is 6.20 Å². The molecule has 0 saturated carbocycles. The standard InChI is InChI=1S/C22H26ClN7O/c23-17-3-1-15(2-4-17)11-19-14-31-20-12-25-8-5-16(20)13-30(19)18-6-9-29(10-7-18)22-26-21(24)27-28-22/h1-5,8,12,18-19H,6-7,9-11,13-14H2,(H3,24,26,27,28). The van der Waals surface area contributed by atoms with E-state index in [4.69, 9.17) is 22.1 Å². The number of fused-ring (bicyclic) bond motifs is 1. The summed E-state index contributed by atoms with van der Waals surface area (Å²) in [4.78, 5) is 12.1. The fourth-order valence-electron chi connectivity index (χ4n) is 4.59. The number of nitrogens with one attached hydrogen (secondary N) is 1. The largest absolute Gasteiger partial charge is 0.490 e. The van der Waals surface area contributed by atoms with Gasteiger partial charge in [-0.05, 0) is 43.0 Å². The van der Waals surface area contributed by atoms with Gasteiger partial charge in [0.15, 0.2) is 0 Å². The molecule has 1 saturated heterocycles. The van der Waals surface area contributed by atoms with E-state index < -0.39 is 0 Å². The monoisotopic (exact) mass is 439 g/mol. The first-order valence-electron chi connectivity index (χ1n) is 10.6. The third-order valence-electron chi connectivity index (χ3n) is 6.23. The molecule has 0 aliphatic carbocycles. The average Bonchev–Trinajstić information content (AvgIpc) is 3.15. The van der Waals surface area contributed by atoms with Gasteiger partial charge in [0.1, 0.15) is 12.4 Å². The number of pyridine rings is 1. The van der Waals surface area contributed by atoms with Crippen molar-refractivity contribution in [2.75, 3.05) is 30.3 Å². The van der Waals surface area contributed by atoms with E-state index >= 15 is 0 Å². The Kier molecular flexibility index (Phi) is 5.65. The van der Waals surface area contributed by atoms with Crippen molar-refractivity contribution in [1.29, 1.82) is 0 Å². The summed E-state index contributed by atoms with van der Waals surface area (Å²) in [5, 5.41) is 8.80. The van der Waals surface area contributed by atoms with Crippen LogP contribution in [0.25, 0.3) is 0 Å². The summed E-state index contributed by atoms with van der Waals surface area (Å²) in [5.74, 6) is 2.00. The maximum absolute atomic E-state index is 6.19. The summed E-state index contributed by atoms with van der Waals surface area (Å²) < 4.78 is 6.19. The molecule has 2 aromatic heterocycles. The molecule has 8 nitrogen and oxygen atoms in total. The highest BCUT2D eigenvalue weighted by atomic mass is 35.5. The van der Waals surface area contributed by atoms with Gasteiger partial charge in [-0.25, -0.2) is 0 Å². The molecular formula is C22H26ClN7O. The van der Waals surface area contributed by atoms with E-state index in [9.17, 15) is 0 Å². The van der Waals surface area contributed by atoms with Gasteiger partial charge >= 0.3 is 0 Å². The zero-order chi connectivity index (χ0) is 21.2. The first-order chi connectivity index (χ1) is 15.2. The predicted molar refractivity (Wildman–Crippen MR) is 120 cm³/mol. The van der Waals surface area contributed by atoms with E-state index in [2.05, 4.69) is 48.2 Å². The van der Waals surface area contributed by atoms with Crippen molar-refractivity contribution in [3.63, 3.8) is 0 Å². The van der Waals surface area contributed by atoms with Gasteiger partial charge in [-0.2, -0.15) is 0 Å². The SMILES string of the molecule is Nc1nnc(N2CCC(N3Cc4ccncc4OCC3Cc3ccc(Cl)cc3)CC2)[nH]1. The number of rotatable bonds is 4. The van der Waals surface area contributed by atoms with E-state index in [1.807, 2.05) is 24.5 Å². The van der Waals surface area contributed by atoms with E-state index in [-0.39, 0.29) is 6.04 Å². The average molecular weight is 440 g/mol. The minimum absolute atomic E-state index is 0.269. The Hall–Kier alpha value is -2.84. The number of anilines is 2. The van der Waals surface area contributed by atoms with E-state index in [1.54, 1.807) is 0 Å². The summed E-state index contributed by atoms with van der Waals surface area (Å²) >= 11 is 6.09. The van der Waals surface area contributed by atoms with Gasteiger partial charge in [-0.15, -0.1) is 10.2 Å². The molecule has 0 amide bonds. The second-order valence-electron chi connectivity index (χ2n) is 8.20. The number of hydrogen-bond acceptors (Lipinski definition) is 7. The zero-order valence-electron chi connectivity index (χ0n) is 17.2. The minimum Gasteiger partial charge on any atom is -0.490 e. The second kappa shape index (κ2) is 8.72. The topological polar surface area (TPSA) is 96.2 Å². The molecule has 31 heavy (non-hydrogen) atoms. The van der Waals surface area contributed by atoms with Gasteiger partial charge in [-0.3, -0.25) is 14.9 Å². The van der Waals surface area contributed by atoms with Crippen LogP contribution in [0.1, 0.15) is 24.0 Å². The molecule has 0 radical (unpaired) electrons. The normalized spacial score (nSPS) is 20.2. The van der Waals surface area contributed by atoms with Crippen LogP contribution in [0.4, 0.5) is 11.9 Å². The van der Waals surface area contributed by atoms with Gasteiger partial charge in [0, 0.05) is 48.5 Å². The lowest BCUT2D eigenvalue weighted by Crippen LogP contribution is -2.50. The number of aromatic amines is 1. The molecule has 1 fully saturated rings. The van der Waals surface area contributed by atoms with Crippen molar-refractivity contribution in [3.05, 3.63) is 58.9 Å². The molecule has 1 unspecified atom stereocenters. The first kappa shape index (κ1) is 20.1. The highest BCUT2D eigenvalue weighted by Gasteiger charge is 2.33. The van der Waals surface area contributed by atoms with E-state index in [1.165, 1.54) is 11.1 Å². The number of ether oxygens (including phenoxy) is 1. The third-order valence-corrected chi connectivity index (χ3v) is 6.49. The van der Waals surface area contributed by atoms with Crippen molar-refractivity contribution in [1.82, 2.24) is 25.1 Å². The fourth-order valence-corrected chi connectivity index (χ4v) is 4.72. The Morgan fingerprint density at radius 2 is 1.94 bits per heavy atom. The second-order valence-corrected chi connectivity index (χ2v) is 8.64. The summed E-state index contributed by atoms with van der Waals surface area (Å²) in [5.41, 5.74) is 8.16. The molecule has 4 heterocycles.